The van der Waals surface area contributed by atoms with Gasteiger partial charge in [-0.1, -0.05) is 0 Å². The molecular weight excluding hydrogens is 772 g/mol. The first kappa shape index (κ1) is 42.2. The van der Waals surface area contributed by atoms with Crippen LogP contribution in [0.3, 0.4) is 0 Å². The molecule has 57 heavy (non-hydrogen) atoms. The van der Waals surface area contributed by atoms with Gasteiger partial charge in [-0.15, -0.1) is 0 Å². The Morgan fingerprint density at radius 2 is 1.37 bits per heavy atom. The van der Waals surface area contributed by atoms with Crippen molar-refractivity contribution in [1.82, 2.24) is 0 Å². The first-order valence-electron chi connectivity index (χ1n) is 17.4. The molecule has 15 atom stereocenters. The largest absolute Gasteiger partial charge is 0.508 e. The highest BCUT2D eigenvalue weighted by Crippen LogP contribution is 2.40. The number of aliphatic hydroxyl groups is 8. The summed E-state index contributed by atoms with van der Waals surface area (Å²) in [6.07, 6.45) is -26.1. The van der Waals surface area contributed by atoms with E-state index in [1.807, 2.05) is 0 Å². The lowest BCUT2D eigenvalue weighted by atomic mass is 9.97. The summed E-state index contributed by atoms with van der Waals surface area (Å²) in [5.41, 5.74) is -1.51. The van der Waals surface area contributed by atoms with Crippen molar-refractivity contribution in [3.63, 3.8) is 0 Å². The Morgan fingerprint density at radius 1 is 0.719 bits per heavy atom. The number of carbonyl (C=O) groups excluding carboxylic acids is 1. The fraction of sp³-hybridized carbons (Fsp3) is 0.543. The molecule has 12 N–H and O–H groups in total. The average molecular weight is 815 g/mol. The van der Waals surface area contributed by atoms with Gasteiger partial charge in [-0.3, -0.25) is 9.59 Å². The van der Waals surface area contributed by atoms with Crippen LogP contribution in [0, 0.1) is 0 Å². The molecule has 6 rings (SSSR count). The van der Waals surface area contributed by atoms with Crippen molar-refractivity contribution >= 4 is 16.9 Å². The summed E-state index contributed by atoms with van der Waals surface area (Å²) in [6.45, 7) is 0.899. The van der Waals surface area contributed by atoms with Crippen molar-refractivity contribution in [2.45, 2.75) is 106 Å². The van der Waals surface area contributed by atoms with Crippen molar-refractivity contribution in [3.05, 3.63) is 40.6 Å². The zero-order valence-corrected chi connectivity index (χ0v) is 29.9. The van der Waals surface area contributed by atoms with Crippen LogP contribution in [0.2, 0.25) is 0 Å². The second kappa shape index (κ2) is 16.8. The summed E-state index contributed by atoms with van der Waals surface area (Å²) in [5.74, 6) is -4.46. The summed E-state index contributed by atoms with van der Waals surface area (Å²) >= 11 is 0. The molecule has 3 aliphatic heterocycles. The van der Waals surface area contributed by atoms with Gasteiger partial charge in [0.1, 0.15) is 83.5 Å². The second-order valence-electron chi connectivity index (χ2n) is 13.7. The molecule has 1 aromatic heterocycles. The van der Waals surface area contributed by atoms with Crippen LogP contribution in [0.15, 0.2) is 39.5 Å². The number of rotatable bonds is 10. The van der Waals surface area contributed by atoms with Gasteiger partial charge in [-0.2, -0.15) is 0 Å². The van der Waals surface area contributed by atoms with Gasteiger partial charge < -0.3 is 98.9 Å². The molecular formula is C35H42O22. The molecule has 0 saturated carbocycles. The molecule has 0 spiro atoms. The minimum absolute atomic E-state index is 0.0852. The van der Waals surface area contributed by atoms with E-state index in [9.17, 15) is 70.9 Å². The smallest absolute Gasteiger partial charge is 0.303 e. The summed E-state index contributed by atoms with van der Waals surface area (Å²) in [4.78, 5) is 25.8. The number of aromatic hydroxyl groups is 4. The Kier molecular flexibility index (Phi) is 12.5. The zero-order valence-electron chi connectivity index (χ0n) is 29.9. The van der Waals surface area contributed by atoms with E-state index in [1.165, 1.54) is 13.0 Å². The van der Waals surface area contributed by atoms with Gasteiger partial charge in [0.15, 0.2) is 35.9 Å². The van der Waals surface area contributed by atoms with Gasteiger partial charge in [-0.25, -0.2) is 0 Å². The van der Waals surface area contributed by atoms with Gasteiger partial charge in [0.25, 0.3) is 0 Å². The maximum absolute atomic E-state index is 13.8. The summed E-state index contributed by atoms with van der Waals surface area (Å²) in [5, 5.41) is 125. The van der Waals surface area contributed by atoms with Gasteiger partial charge in [0.05, 0.1) is 19.3 Å². The predicted octanol–water partition coefficient (Wildman–Crippen LogP) is -3.29. The normalized spacial score (nSPS) is 35.9. The van der Waals surface area contributed by atoms with Crippen LogP contribution in [0.4, 0.5) is 0 Å². The highest BCUT2D eigenvalue weighted by molar-refractivity contribution is 5.88. The second-order valence-corrected chi connectivity index (χ2v) is 13.7. The van der Waals surface area contributed by atoms with Crippen LogP contribution in [0.5, 0.6) is 28.7 Å². The number of aliphatic hydroxyl groups excluding tert-OH is 8. The summed E-state index contributed by atoms with van der Waals surface area (Å²) in [7, 11) is 0. The van der Waals surface area contributed by atoms with E-state index < -0.39 is 157 Å². The number of ether oxygens (including phenoxy) is 7. The molecule has 314 valence electrons. The first-order chi connectivity index (χ1) is 26.9. The first-order valence-corrected chi connectivity index (χ1v) is 17.4. The van der Waals surface area contributed by atoms with Gasteiger partial charge in [-0.05, 0) is 25.1 Å². The lowest BCUT2D eigenvalue weighted by Crippen LogP contribution is -2.65. The number of esters is 1. The number of phenols is 4. The number of hydrogen-bond acceptors (Lipinski definition) is 22. The standard InChI is InChI=1S/C35H42O22/c1-10-29(52-11(2)37)32(57-34-26(47)24(45)21(42)18(8-36)54-34)28(49)33(51-10)50-9-19-22(43)25(46)27(48)35(55-19)56-31-23(44)20-16(41)6-13(38)7-17(20)53-30(31)12-3-4-14(39)15(40)5-12/h3-7,10,18-19,21-22,24-29,32-36,38-43,45-49H,8-9H2,1-2H3/t10-,18+,19+,21+,22-,24-,25-,26+,27+,28+,29-,32-,33+,34-,35-/m0/s1. The minimum atomic E-state index is -2.07. The van der Waals surface area contributed by atoms with E-state index in [0.717, 1.165) is 31.2 Å². The van der Waals surface area contributed by atoms with Crippen LogP contribution in [-0.4, -0.2) is 173 Å². The zero-order chi connectivity index (χ0) is 41.6. The topological polar surface area (TPSA) is 355 Å². The van der Waals surface area contributed by atoms with Crippen LogP contribution >= 0.6 is 0 Å². The van der Waals surface area contributed by atoms with E-state index in [4.69, 9.17) is 37.6 Å². The lowest BCUT2D eigenvalue weighted by molar-refractivity contribution is -0.361. The third kappa shape index (κ3) is 8.31. The maximum Gasteiger partial charge on any atom is 0.303 e. The SMILES string of the molecule is CC(=O)O[C@@H]1[C@@H](O[C@@H]2O[C@H](CO)[C@@H](O)[C@H](O)[C@H]2O)[C@@H](O)[C@H](OC[C@H]2O[C@@H](Oc3c(-c4ccc(O)c(O)c4)oc4cc(O)cc(O)c4c3=O)[C@H](O)[C@@H](O)[C@H]2O)O[C@H]1C. The molecule has 0 aliphatic carbocycles. The number of carbonyl (C=O) groups is 1. The minimum Gasteiger partial charge on any atom is -0.508 e. The van der Waals surface area contributed by atoms with Crippen molar-refractivity contribution in [1.29, 1.82) is 0 Å². The third-order valence-electron chi connectivity index (χ3n) is 9.67. The summed E-state index contributed by atoms with van der Waals surface area (Å²) in [6, 6.07) is 5.08. The molecule has 3 saturated heterocycles. The van der Waals surface area contributed by atoms with Crippen molar-refractivity contribution in [3.8, 4) is 40.1 Å². The Balaban J connectivity index is 1.25. The van der Waals surface area contributed by atoms with E-state index in [0.29, 0.717) is 0 Å². The molecule has 4 heterocycles. The number of benzene rings is 2. The maximum atomic E-state index is 13.8. The highest BCUT2D eigenvalue weighted by Gasteiger charge is 2.53. The fourth-order valence-corrected chi connectivity index (χ4v) is 6.66. The molecule has 3 aromatic rings. The van der Waals surface area contributed by atoms with Crippen LogP contribution in [0.1, 0.15) is 13.8 Å². The van der Waals surface area contributed by atoms with Crippen molar-refractivity contribution in [2.24, 2.45) is 0 Å². The van der Waals surface area contributed by atoms with E-state index in [2.05, 4.69) is 0 Å². The molecule has 2 aromatic carbocycles. The lowest BCUT2D eigenvalue weighted by Gasteiger charge is -2.46. The monoisotopic (exact) mass is 814 g/mol. The summed E-state index contributed by atoms with van der Waals surface area (Å²) < 4.78 is 45.1. The number of hydrogen-bond donors (Lipinski definition) is 12. The highest BCUT2D eigenvalue weighted by atomic mass is 16.8. The molecule has 22 nitrogen and oxygen atoms in total. The van der Waals surface area contributed by atoms with Crippen LogP contribution in [-0.2, 0) is 33.2 Å². The van der Waals surface area contributed by atoms with E-state index >= 15 is 0 Å². The Morgan fingerprint density at radius 3 is 2.02 bits per heavy atom. The number of phenolic OH excluding ortho intramolecular Hbond substituents is 4. The van der Waals surface area contributed by atoms with Gasteiger partial charge in [0, 0.05) is 24.6 Å². The molecule has 0 amide bonds. The Labute approximate surface area is 320 Å². The van der Waals surface area contributed by atoms with Crippen LogP contribution < -0.4 is 10.2 Å². The molecule has 22 heteroatoms. The molecule has 0 radical (unpaired) electrons. The Bertz CT molecular complexity index is 1970. The van der Waals surface area contributed by atoms with Crippen molar-refractivity contribution < 1.29 is 104 Å². The fourth-order valence-electron chi connectivity index (χ4n) is 6.66. The molecule has 0 bridgehead atoms. The van der Waals surface area contributed by atoms with E-state index in [1.54, 1.807) is 0 Å². The average Bonchev–Trinajstić information content (AvgIpc) is 3.15. The van der Waals surface area contributed by atoms with Gasteiger partial charge >= 0.3 is 5.97 Å². The molecule has 3 aliphatic rings. The Hall–Kier alpha value is -4.40. The number of fused-ring (bicyclic) bond motifs is 1. The third-order valence-corrected chi connectivity index (χ3v) is 9.67. The quantitative estimate of drug-likeness (QED) is 0.0705. The van der Waals surface area contributed by atoms with Crippen molar-refractivity contribution in [2.75, 3.05) is 13.2 Å². The van der Waals surface area contributed by atoms with E-state index in [-0.39, 0.29) is 11.1 Å². The molecule has 3 fully saturated rings. The molecule has 0 unspecified atom stereocenters. The predicted molar refractivity (Wildman–Crippen MR) is 182 cm³/mol. The van der Waals surface area contributed by atoms with Gasteiger partial charge in [0.2, 0.25) is 17.5 Å². The van der Waals surface area contributed by atoms with Crippen LogP contribution in [0.25, 0.3) is 22.3 Å².